The Bertz CT molecular complexity index is 459. The normalized spacial score (nSPS) is 25.1. The van der Waals surface area contributed by atoms with Crippen molar-refractivity contribution in [3.8, 4) is 0 Å². The number of hydrogen-bond donors (Lipinski definition) is 1. The van der Waals surface area contributed by atoms with Gasteiger partial charge in [-0.05, 0) is 66.5 Å². The van der Waals surface area contributed by atoms with Crippen LogP contribution in [0.15, 0.2) is 18.2 Å². The number of nitrogens with one attached hydrogen (secondary N) is 1. The molecule has 0 aromatic heterocycles. The van der Waals surface area contributed by atoms with Gasteiger partial charge in [-0.2, -0.15) is 0 Å². The predicted octanol–water partition coefficient (Wildman–Crippen LogP) is 4.33. The molecule has 1 aliphatic heterocycles. The Morgan fingerprint density at radius 1 is 1.32 bits per heavy atom. The van der Waals surface area contributed by atoms with Crippen molar-refractivity contribution in [2.24, 2.45) is 0 Å². The molecule has 1 N–H and O–H groups in total. The van der Waals surface area contributed by atoms with E-state index in [1.165, 1.54) is 38.2 Å². The molecule has 1 saturated heterocycles. The highest BCUT2D eigenvalue weighted by molar-refractivity contribution is 14.1. The molecule has 1 aliphatic carbocycles. The second-order valence-corrected chi connectivity index (χ2v) is 6.84. The van der Waals surface area contributed by atoms with Gasteiger partial charge in [0.25, 0.3) is 0 Å². The van der Waals surface area contributed by atoms with E-state index in [2.05, 4.69) is 27.9 Å². The minimum atomic E-state index is -0.183. The van der Waals surface area contributed by atoms with Crippen molar-refractivity contribution < 1.29 is 9.13 Å². The lowest BCUT2D eigenvalue weighted by molar-refractivity contribution is -0.0307. The summed E-state index contributed by atoms with van der Waals surface area (Å²) >= 11 is 2.16. The molecule has 0 bridgehead atoms. The van der Waals surface area contributed by atoms with Gasteiger partial charge in [0.2, 0.25) is 0 Å². The quantitative estimate of drug-likeness (QED) is 0.794. The van der Waals surface area contributed by atoms with Crippen LogP contribution in [0.4, 0.5) is 10.1 Å². The third-order valence-electron chi connectivity index (χ3n) is 4.30. The summed E-state index contributed by atoms with van der Waals surface area (Å²) in [5, 5.41) is 3.39. The van der Waals surface area contributed by atoms with Crippen molar-refractivity contribution in [2.45, 2.75) is 50.2 Å². The first-order chi connectivity index (χ1) is 9.17. The molecule has 1 aromatic rings. The fourth-order valence-corrected chi connectivity index (χ4v) is 3.95. The maximum atomic E-state index is 13.0. The van der Waals surface area contributed by atoms with Crippen LogP contribution in [-0.4, -0.2) is 18.2 Å². The first-order valence-electron chi connectivity index (χ1n) is 7.04. The van der Waals surface area contributed by atoms with Crippen molar-refractivity contribution in [1.82, 2.24) is 0 Å². The van der Waals surface area contributed by atoms with Gasteiger partial charge >= 0.3 is 0 Å². The average molecular weight is 375 g/mol. The average Bonchev–Trinajstić information content (AvgIpc) is 2.99. The Morgan fingerprint density at radius 3 is 2.84 bits per heavy atom. The minimum absolute atomic E-state index is 0.183. The van der Waals surface area contributed by atoms with Crippen LogP contribution in [0.25, 0.3) is 0 Å². The summed E-state index contributed by atoms with van der Waals surface area (Å²) < 4.78 is 20.2. The smallest absolute Gasteiger partial charge is 0.124 e. The van der Waals surface area contributed by atoms with Gasteiger partial charge in [-0.1, -0.05) is 12.8 Å². The largest absolute Gasteiger partial charge is 0.382 e. The molecule has 1 saturated carbocycles. The van der Waals surface area contributed by atoms with E-state index >= 15 is 0 Å². The van der Waals surface area contributed by atoms with Crippen LogP contribution in [0, 0.1) is 9.39 Å². The Balaban J connectivity index is 1.55. The molecule has 1 unspecified atom stereocenters. The van der Waals surface area contributed by atoms with Crippen LogP contribution in [-0.2, 0) is 4.74 Å². The van der Waals surface area contributed by atoms with Gasteiger partial charge in [0, 0.05) is 15.8 Å². The first kappa shape index (κ1) is 13.6. The number of anilines is 1. The molecular weight excluding hydrogens is 356 g/mol. The minimum Gasteiger partial charge on any atom is -0.382 e. The fourth-order valence-electron chi connectivity index (χ4n) is 3.28. The third-order valence-corrected chi connectivity index (χ3v) is 5.20. The van der Waals surface area contributed by atoms with E-state index in [4.69, 9.17) is 4.74 Å². The van der Waals surface area contributed by atoms with Crippen molar-refractivity contribution in [3.05, 3.63) is 27.6 Å². The lowest BCUT2D eigenvalue weighted by atomic mass is 9.98. The van der Waals surface area contributed by atoms with Gasteiger partial charge in [-0.15, -0.1) is 0 Å². The van der Waals surface area contributed by atoms with Crippen LogP contribution in [0.2, 0.25) is 0 Å². The van der Waals surface area contributed by atoms with Gasteiger partial charge in [-0.25, -0.2) is 4.39 Å². The van der Waals surface area contributed by atoms with E-state index in [-0.39, 0.29) is 11.4 Å². The standard InChI is InChI=1S/C15H19FINO/c16-11-3-4-14(13(17)9-11)18-10-12-5-8-15(19-12)6-1-2-7-15/h3-4,9,12,18H,1-2,5-8,10H2. The summed E-state index contributed by atoms with van der Waals surface area (Å²) in [6, 6.07) is 4.85. The van der Waals surface area contributed by atoms with Crippen molar-refractivity contribution in [3.63, 3.8) is 0 Å². The first-order valence-corrected chi connectivity index (χ1v) is 8.12. The van der Waals surface area contributed by atoms with Crippen molar-refractivity contribution in [2.75, 3.05) is 11.9 Å². The predicted molar refractivity (Wildman–Crippen MR) is 82.9 cm³/mol. The van der Waals surface area contributed by atoms with E-state index < -0.39 is 0 Å². The molecule has 1 aromatic carbocycles. The molecule has 19 heavy (non-hydrogen) atoms. The zero-order valence-electron chi connectivity index (χ0n) is 10.9. The summed E-state index contributed by atoms with van der Waals surface area (Å²) in [6.07, 6.45) is 7.75. The molecule has 0 amide bonds. The molecule has 1 atom stereocenters. The molecule has 2 aliphatic rings. The maximum absolute atomic E-state index is 13.0. The maximum Gasteiger partial charge on any atom is 0.124 e. The van der Waals surface area contributed by atoms with E-state index in [1.54, 1.807) is 12.1 Å². The zero-order valence-corrected chi connectivity index (χ0v) is 13.1. The Morgan fingerprint density at radius 2 is 2.11 bits per heavy atom. The third kappa shape index (κ3) is 3.05. The lowest BCUT2D eigenvalue weighted by Crippen LogP contribution is -2.28. The van der Waals surface area contributed by atoms with Crippen LogP contribution < -0.4 is 5.32 Å². The SMILES string of the molecule is Fc1ccc(NCC2CCC3(CCCC3)O2)c(I)c1. The molecule has 104 valence electrons. The second kappa shape index (κ2) is 5.56. The highest BCUT2D eigenvalue weighted by Crippen LogP contribution is 2.43. The van der Waals surface area contributed by atoms with Crippen LogP contribution in [0.3, 0.4) is 0 Å². The highest BCUT2D eigenvalue weighted by Gasteiger charge is 2.41. The van der Waals surface area contributed by atoms with Crippen molar-refractivity contribution >= 4 is 28.3 Å². The molecule has 3 rings (SSSR count). The lowest BCUT2D eigenvalue weighted by Gasteiger charge is -2.24. The Hall–Kier alpha value is -0.360. The van der Waals surface area contributed by atoms with E-state index in [0.29, 0.717) is 6.10 Å². The Kier molecular flexibility index (Phi) is 3.98. The second-order valence-electron chi connectivity index (χ2n) is 5.67. The van der Waals surface area contributed by atoms with Crippen LogP contribution >= 0.6 is 22.6 Å². The molecule has 2 fully saturated rings. The summed E-state index contributed by atoms with van der Waals surface area (Å²) in [4.78, 5) is 0. The van der Waals surface area contributed by atoms with E-state index in [1.807, 2.05) is 0 Å². The number of hydrogen-bond acceptors (Lipinski definition) is 2. The summed E-state index contributed by atoms with van der Waals surface area (Å²) in [6.45, 7) is 0.823. The fraction of sp³-hybridized carbons (Fsp3) is 0.600. The molecular formula is C15H19FINO. The summed E-state index contributed by atoms with van der Waals surface area (Å²) in [5.74, 6) is -0.183. The van der Waals surface area contributed by atoms with Gasteiger partial charge in [0.05, 0.1) is 11.7 Å². The van der Waals surface area contributed by atoms with Gasteiger partial charge in [0.1, 0.15) is 5.82 Å². The van der Waals surface area contributed by atoms with E-state index in [9.17, 15) is 4.39 Å². The molecule has 4 heteroatoms. The monoisotopic (exact) mass is 375 g/mol. The van der Waals surface area contributed by atoms with Crippen LogP contribution in [0.1, 0.15) is 38.5 Å². The number of benzene rings is 1. The number of rotatable bonds is 3. The van der Waals surface area contributed by atoms with Gasteiger partial charge in [-0.3, -0.25) is 0 Å². The zero-order chi connectivity index (χ0) is 13.3. The Labute approximate surface area is 127 Å². The van der Waals surface area contributed by atoms with Gasteiger partial charge in [0.15, 0.2) is 0 Å². The highest BCUT2D eigenvalue weighted by atomic mass is 127. The van der Waals surface area contributed by atoms with Crippen LogP contribution in [0.5, 0.6) is 0 Å². The molecule has 1 heterocycles. The summed E-state index contributed by atoms with van der Waals surface area (Å²) in [5.41, 5.74) is 1.19. The summed E-state index contributed by atoms with van der Waals surface area (Å²) in [7, 11) is 0. The molecule has 1 spiro atoms. The molecule has 2 nitrogen and oxygen atoms in total. The topological polar surface area (TPSA) is 21.3 Å². The number of ether oxygens (including phenoxy) is 1. The van der Waals surface area contributed by atoms with Crippen molar-refractivity contribution in [1.29, 1.82) is 0 Å². The van der Waals surface area contributed by atoms with Gasteiger partial charge < -0.3 is 10.1 Å². The number of halogens is 2. The van der Waals surface area contributed by atoms with E-state index in [0.717, 1.165) is 22.2 Å². The molecule has 0 radical (unpaired) electrons.